The lowest BCUT2D eigenvalue weighted by molar-refractivity contribution is -0.134. The number of esters is 1. The molecule has 0 radical (unpaired) electrons. The normalized spacial score (nSPS) is 10.0. The Morgan fingerprint density at radius 3 is 1.67 bits per heavy atom. The summed E-state index contributed by atoms with van der Waals surface area (Å²) >= 11 is 0. The Kier molecular flexibility index (Phi) is 16.5. The van der Waals surface area contributed by atoms with Gasteiger partial charge in [-0.3, -0.25) is 19.6 Å². The standard InChI is InChI=1S/C14H9F4NO2.C11H15NO2.C2H7NO/c15-9-7-10(16)13(18)14(12(9)17)21-11(20)2-1-8-3-5-19-6-4-8;13-9-1-2-11(14)4-3-10-5-7-12-8-6-10;3-1-2-4/h3-7H,1-2H2;5-8,13H,1-4,9H2;4H,1-3H2. The Morgan fingerprint density at radius 1 is 0.769 bits per heavy atom. The molecule has 212 valence electrons. The fraction of sp³-hybridized carbons (Fsp3) is 0.333. The van der Waals surface area contributed by atoms with Gasteiger partial charge in [-0.25, -0.2) is 8.78 Å². The maximum Gasteiger partial charge on any atom is 0.311 e. The lowest BCUT2D eigenvalue weighted by atomic mass is 10.1. The molecule has 0 bridgehead atoms. The van der Waals surface area contributed by atoms with E-state index in [-0.39, 0.29) is 37.9 Å². The lowest BCUT2D eigenvalue weighted by Gasteiger charge is -2.07. The number of Topliss-reactive ketones (excluding diaryl/α,β-unsaturated/α-hetero) is 1. The number of benzene rings is 1. The minimum absolute atomic E-state index is 0.0406. The van der Waals surface area contributed by atoms with E-state index in [1.807, 2.05) is 12.1 Å². The van der Waals surface area contributed by atoms with E-state index in [0.29, 0.717) is 25.8 Å². The molecule has 2 heterocycles. The first-order chi connectivity index (χ1) is 18.7. The molecule has 0 atom stereocenters. The van der Waals surface area contributed by atoms with Crippen LogP contribution in [0.15, 0.2) is 55.1 Å². The number of ether oxygens (including phenoxy) is 1. The van der Waals surface area contributed by atoms with E-state index in [9.17, 15) is 27.2 Å². The van der Waals surface area contributed by atoms with Crippen LogP contribution in [0.1, 0.15) is 36.8 Å². The van der Waals surface area contributed by atoms with E-state index in [0.717, 1.165) is 17.5 Å². The Bertz CT molecular complexity index is 1110. The van der Waals surface area contributed by atoms with Crippen molar-refractivity contribution in [1.82, 2.24) is 9.97 Å². The number of aromatic nitrogens is 2. The van der Waals surface area contributed by atoms with Gasteiger partial charge >= 0.3 is 5.97 Å². The highest BCUT2D eigenvalue weighted by Gasteiger charge is 2.22. The van der Waals surface area contributed by atoms with Crippen LogP contribution in [0.4, 0.5) is 17.6 Å². The summed E-state index contributed by atoms with van der Waals surface area (Å²) in [6, 6.07) is 7.17. The number of pyridine rings is 2. The SMILES string of the molecule is NCCO.O=C(CCCO)CCc1ccncc1.O=C(CCc1ccncc1)Oc1c(F)c(F)cc(F)c1F. The molecule has 4 N–H and O–H groups in total. The van der Waals surface area contributed by atoms with Gasteiger partial charge in [-0.05, 0) is 54.7 Å². The van der Waals surface area contributed by atoms with Crippen molar-refractivity contribution >= 4 is 11.8 Å². The van der Waals surface area contributed by atoms with Crippen molar-refractivity contribution in [1.29, 1.82) is 0 Å². The topological polar surface area (TPSA) is 136 Å². The van der Waals surface area contributed by atoms with Crippen molar-refractivity contribution in [3.05, 3.63) is 89.5 Å². The number of aryl methyl sites for hydroxylation is 2. The van der Waals surface area contributed by atoms with E-state index >= 15 is 0 Å². The quantitative estimate of drug-likeness (QED) is 0.142. The first-order valence-corrected chi connectivity index (χ1v) is 12.0. The molecule has 0 amide bonds. The van der Waals surface area contributed by atoms with Gasteiger partial charge in [0.25, 0.3) is 0 Å². The van der Waals surface area contributed by atoms with Crippen molar-refractivity contribution in [3.63, 3.8) is 0 Å². The summed E-state index contributed by atoms with van der Waals surface area (Å²) in [5, 5.41) is 16.3. The zero-order valence-electron chi connectivity index (χ0n) is 21.2. The summed E-state index contributed by atoms with van der Waals surface area (Å²) in [7, 11) is 0. The number of nitrogens with zero attached hydrogens (tertiary/aromatic N) is 2. The Hall–Kier alpha value is -3.74. The highest BCUT2D eigenvalue weighted by molar-refractivity contribution is 5.78. The Morgan fingerprint density at radius 2 is 1.23 bits per heavy atom. The molecule has 39 heavy (non-hydrogen) atoms. The number of hydrogen-bond acceptors (Lipinski definition) is 8. The third-order valence-corrected chi connectivity index (χ3v) is 4.84. The van der Waals surface area contributed by atoms with E-state index < -0.39 is 35.0 Å². The van der Waals surface area contributed by atoms with Gasteiger partial charge in [-0.2, -0.15) is 8.78 Å². The van der Waals surface area contributed by atoms with Crippen molar-refractivity contribution in [2.75, 3.05) is 19.8 Å². The van der Waals surface area contributed by atoms with Crippen molar-refractivity contribution in [2.45, 2.75) is 38.5 Å². The summed E-state index contributed by atoms with van der Waals surface area (Å²) in [6.07, 6.45) is 8.92. The van der Waals surface area contributed by atoms with Crippen LogP contribution in [0.2, 0.25) is 0 Å². The molecular weight excluding hydrogens is 522 g/mol. The third kappa shape index (κ3) is 13.6. The summed E-state index contributed by atoms with van der Waals surface area (Å²) in [5.41, 5.74) is 6.67. The molecule has 0 aliphatic rings. The van der Waals surface area contributed by atoms with Crippen LogP contribution in [-0.4, -0.2) is 51.7 Å². The van der Waals surface area contributed by atoms with Crippen molar-refractivity contribution < 1.29 is 42.1 Å². The summed E-state index contributed by atoms with van der Waals surface area (Å²) in [5.74, 6) is -8.91. The van der Waals surface area contributed by atoms with Gasteiger partial charge in [0.1, 0.15) is 5.78 Å². The van der Waals surface area contributed by atoms with Crippen LogP contribution in [-0.2, 0) is 22.4 Å². The predicted molar refractivity (Wildman–Crippen MR) is 134 cm³/mol. The average molecular weight is 554 g/mol. The number of hydrogen-bond donors (Lipinski definition) is 3. The summed E-state index contributed by atoms with van der Waals surface area (Å²) < 4.78 is 56.9. The van der Waals surface area contributed by atoms with Gasteiger partial charge in [0.05, 0.1) is 6.61 Å². The van der Waals surface area contributed by atoms with Gasteiger partial charge in [-0.15, -0.1) is 0 Å². The third-order valence-electron chi connectivity index (χ3n) is 4.84. The molecule has 0 saturated heterocycles. The van der Waals surface area contributed by atoms with Crippen molar-refractivity contribution in [3.8, 4) is 5.75 Å². The highest BCUT2D eigenvalue weighted by atomic mass is 19.2. The lowest BCUT2D eigenvalue weighted by Crippen LogP contribution is -2.12. The molecule has 1 aromatic carbocycles. The number of halogens is 4. The molecule has 3 aromatic rings. The smallest absolute Gasteiger partial charge is 0.311 e. The number of aliphatic hydroxyl groups is 2. The maximum absolute atomic E-state index is 13.3. The predicted octanol–water partition coefficient (Wildman–Crippen LogP) is 3.47. The summed E-state index contributed by atoms with van der Waals surface area (Å²) in [6.45, 7) is 0.570. The van der Waals surface area contributed by atoms with E-state index in [1.54, 1.807) is 24.5 Å². The molecule has 3 rings (SSSR count). The fourth-order valence-electron chi connectivity index (χ4n) is 2.84. The second-order valence-corrected chi connectivity index (χ2v) is 7.86. The first kappa shape index (κ1) is 33.3. The zero-order valence-corrected chi connectivity index (χ0v) is 21.2. The van der Waals surface area contributed by atoms with E-state index in [2.05, 4.69) is 14.7 Å². The number of carbonyl (C=O) groups is 2. The monoisotopic (exact) mass is 553 g/mol. The number of carbonyl (C=O) groups excluding carboxylic acids is 2. The molecule has 0 saturated carbocycles. The highest BCUT2D eigenvalue weighted by Crippen LogP contribution is 2.26. The van der Waals surface area contributed by atoms with Gasteiger partial charge in [0, 0.05) is 63.3 Å². The van der Waals surface area contributed by atoms with Crippen LogP contribution >= 0.6 is 0 Å². The van der Waals surface area contributed by atoms with Crippen LogP contribution in [0, 0.1) is 23.3 Å². The number of rotatable bonds is 11. The zero-order chi connectivity index (χ0) is 29.0. The second kappa shape index (κ2) is 19.3. The largest absolute Gasteiger partial charge is 0.420 e. The van der Waals surface area contributed by atoms with Gasteiger partial charge in [-0.1, -0.05) is 0 Å². The molecule has 0 aliphatic heterocycles. The molecule has 0 aliphatic carbocycles. The maximum atomic E-state index is 13.3. The van der Waals surface area contributed by atoms with E-state index in [1.165, 1.54) is 12.4 Å². The molecule has 0 spiro atoms. The van der Waals surface area contributed by atoms with Gasteiger partial charge < -0.3 is 20.7 Å². The van der Waals surface area contributed by atoms with Crippen LogP contribution in [0.25, 0.3) is 0 Å². The molecule has 2 aromatic heterocycles. The van der Waals surface area contributed by atoms with Crippen LogP contribution in [0.3, 0.4) is 0 Å². The molecule has 0 fully saturated rings. The molecular formula is C27H31F4N3O5. The number of ketones is 1. The Labute approximate surface area is 223 Å². The van der Waals surface area contributed by atoms with Crippen LogP contribution in [0.5, 0.6) is 5.75 Å². The fourth-order valence-corrected chi connectivity index (χ4v) is 2.84. The van der Waals surface area contributed by atoms with E-state index in [4.69, 9.17) is 15.9 Å². The minimum atomic E-state index is -1.74. The summed E-state index contributed by atoms with van der Waals surface area (Å²) in [4.78, 5) is 30.4. The second-order valence-electron chi connectivity index (χ2n) is 7.86. The number of aliphatic hydroxyl groups excluding tert-OH is 2. The molecule has 12 heteroatoms. The first-order valence-electron chi connectivity index (χ1n) is 12.0. The molecule has 0 unspecified atom stereocenters. The Balaban J connectivity index is 0.000000364. The van der Waals surface area contributed by atoms with Crippen molar-refractivity contribution in [2.24, 2.45) is 5.73 Å². The van der Waals surface area contributed by atoms with Crippen LogP contribution < -0.4 is 10.5 Å². The minimum Gasteiger partial charge on any atom is -0.420 e. The number of nitrogens with two attached hydrogens (primary N) is 1. The molecule has 8 nitrogen and oxygen atoms in total. The van der Waals surface area contributed by atoms with Gasteiger partial charge in [0.15, 0.2) is 11.6 Å². The van der Waals surface area contributed by atoms with Gasteiger partial charge in [0.2, 0.25) is 17.4 Å². The average Bonchev–Trinajstić information content (AvgIpc) is 2.96.